The molecule has 1 aliphatic rings. The van der Waals surface area contributed by atoms with Crippen molar-refractivity contribution >= 4 is 11.6 Å². The molecule has 1 heterocycles. The van der Waals surface area contributed by atoms with Crippen LogP contribution in [0.5, 0.6) is 11.5 Å². The zero-order chi connectivity index (χ0) is 16.4. The molecule has 0 saturated heterocycles. The Morgan fingerprint density at radius 1 is 1.09 bits per heavy atom. The first-order chi connectivity index (χ1) is 11.0. The number of fused-ring (bicyclic) bond motifs is 1. The van der Waals surface area contributed by atoms with Gasteiger partial charge in [-0.2, -0.15) is 5.10 Å². The van der Waals surface area contributed by atoms with Gasteiger partial charge >= 0.3 is 0 Å². The van der Waals surface area contributed by atoms with E-state index in [9.17, 15) is 4.79 Å². The molecule has 2 aromatic rings. The number of nitrogens with zero attached hydrogens (tertiary/aromatic N) is 1. The highest BCUT2D eigenvalue weighted by Crippen LogP contribution is 2.32. The molecule has 0 radical (unpaired) electrons. The molecule has 0 bridgehead atoms. The monoisotopic (exact) mass is 310 g/mol. The molecule has 5 nitrogen and oxygen atoms in total. The summed E-state index contributed by atoms with van der Waals surface area (Å²) in [7, 11) is 0. The molecule has 0 aliphatic carbocycles. The standard InChI is InChI=1S/C18H18N2O3/c1-11-4-5-12(2)15(8-11)13(3)19-20-18(21)14-6-7-16-17(9-14)23-10-22-16/h4-9H,10H2,1-3H3,(H,20,21)/b19-13-. The van der Waals surface area contributed by atoms with Gasteiger partial charge in [0, 0.05) is 11.1 Å². The highest BCUT2D eigenvalue weighted by molar-refractivity contribution is 6.02. The summed E-state index contributed by atoms with van der Waals surface area (Å²) in [6.45, 7) is 6.11. The smallest absolute Gasteiger partial charge is 0.271 e. The van der Waals surface area contributed by atoms with E-state index in [1.165, 1.54) is 0 Å². The molecule has 3 rings (SSSR count). The van der Waals surface area contributed by atoms with Crippen LogP contribution in [0.2, 0.25) is 0 Å². The minimum atomic E-state index is -0.284. The van der Waals surface area contributed by atoms with Gasteiger partial charge in [0.25, 0.3) is 5.91 Å². The number of aryl methyl sites for hydroxylation is 2. The van der Waals surface area contributed by atoms with Gasteiger partial charge < -0.3 is 9.47 Å². The Kier molecular flexibility index (Phi) is 4.02. The molecule has 118 valence electrons. The predicted octanol–water partition coefficient (Wildman–Crippen LogP) is 3.19. The Hall–Kier alpha value is -2.82. The van der Waals surface area contributed by atoms with E-state index in [2.05, 4.69) is 22.7 Å². The minimum Gasteiger partial charge on any atom is -0.454 e. The second-order valence-corrected chi connectivity index (χ2v) is 5.52. The number of carbonyl (C=O) groups is 1. The highest BCUT2D eigenvalue weighted by Gasteiger charge is 2.16. The molecule has 2 aromatic carbocycles. The van der Waals surface area contributed by atoms with E-state index in [4.69, 9.17) is 9.47 Å². The Morgan fingerprint density at radius 2 is 1.87 bits per heavy atom. The maximum atomic E-state index is 12.2. The first-order valence-electron chi connectivity index (χ1n) is 7.36. The van der Waals surface area contributed by atoms with Crippen molar-refractivity contribution in [2.45, 2.75) is 20.8 Å². The minimum absolute atomic E-state index is 0.185. The molecule has 1 aliphatic heterocycles. The van der Waals surface area contributed by atoms with Crippen molar-refractivity contribution in [1.82, 2.24) is 5.43 Å². The lowest BCUT2D eigenvalue weighted by molar-refractivity contribution is 0.0954. The fourth-order valence-electron chi connectivity index (χ4n) is 2.42. The van der Waals surface area contributed by atoms with E-state index >= 15 is 0 Å². The fraction of sp³-hybridized carbons (Fsp3) is 0.222. The number of rotatable bonds is 3. The number of benzene rings is 2. The van der Waals surface area contributed by atoms with Crippen LogP contribution in [0.15, 0.2) is 41.5 Å². The van der Waals surface area contributed by atoms with E-state index in [-0.39, 0.29) is 12.7 Å². The Labute approximate surface area is 134 Å². The van der Waals surface area contributed by atoms with Crippen molar-refractivity contribution < 1.29 is 14.3 Å². The lowest BCUT2D eigenvalue weighted by Crippen LogP contribution is -2.19. The Morgan fingerprint density at radius 3 is 2.70 bits per heavy atom. The molecule has 5 heteroatoms. The van der Waals surface area contributed by atoms with Crippen LogP contribution >= 0.6 is 0 Å². The van der Waals surface area contributed by atoms with Crippen LogP contribution in [0.4, 0.5) is 0 Å². The van der Waals surface area contributed by atoms with E-state index in [1.54, 1.807) is 18.2 Å². The molecule has 0 spiro atoms. The number of hydrogen-bond donors (Lipinski definition) is 1. The summed E-state index contributed by atoms with van der Waals surface area (Å²) in [6.07, 6.45) is 0. The van der Waals surface area contributed by atoms with Crippen LogP contribution < -0.4 is 14.9 Å². The highest BCUT2D eigenvalue weighted by atomic mass is 16.7. The van der Waals surface area contributed by atoms with Crippen molar-refractivity contribution in [3.8, 4) is 11.5 Å². The third-order valence-corrected chi connectivity index (χ3v) is 3.74. The Balaban J connectivity index is 1.76. The third kappa shape index (κ3) is 3.18. The summed E-state index contributed by atoms with van der Waals surface area (Å²) in [5.74, 6) is 0.942. The van der Waals surface area contributed by atoms with E-state index in [1.807, 2.05) is 26.8 Å². The largest absolute Gasteiger partial charge is 0.454 e. The lowest BCUT2D eigenvalue weighted by Gasteiger charge is -2.07. The van der Waals surface area contributed by atoms with Gasteiger partial charge in [-0.15, -0.1) is 0 Å². The van der Waals surface area contributed by atoms with Crippen LogP contribution in [-0.4, -0.2) is 18.4 Å². The molecular formula is C18H18N2O3. The number of carbonyl (C=O) groups excluding carboxylic acids is 1. The number of hydrazone groups is 1. The lowest BCUT2D eigenvalue weighted by atomic mass is 10.0. The second kappa shape index (κ2) is 6.12. The first kappa shape index (κ1) is 15.1. The topological polar surface area (TPSA) is 59.9 Å². The predicted molar refractivity (Wildman–Crippen MR) is 88.2 cm³/mol. The molecule has 1 N–H and O–H groups in total. The average molecular weight is 310 g/mol. The fourth-order valence-corrected chi connectivity index (χ4v) is 2.42. The molecule has 0 unspecified atom stereocenters. The Bertz CT molecular complexity index is 797. The van der Waals surface area contributed by atoms with Gasteiger partial charge in [-0.3, -0.25) is 4.79 Å². The van der Waals surface area contributed by atoms with Crippen molar-refractivity contribution in [3.05, 3.63) is 58.7 Å². The van der Waals surface area contributed by atoms with Crippen LogP contribution in [-0.2, 0) is 0 Å². The molecule has 0 fully saturated rings. The van der Waals surface area contributed by atoms with E-state index in [0.717, 1.165) is 22.4 Å². The number of hydrogen-bond acceptors (Lipinski definition) is 4. The third-order valence-electron chi connectivity index (χ3n) is 3.74. The number of ether oxygens (including phenoxy) is 2. The van der Waals surface area contributed by atoms with Crippen molar-refractivity contribution in [2.24, 2.45) is 5.10 Å². The summed E-state index contributed by atoms with van der Waals surface area (Å²) in [6, 6.07) is 11.2. The van der Waals surface area contributed by atoms with Gasteiger partial charge in [-0.25, -0.2) is 5.43 Å². The van der Waals surface area contributed by atoms with Crippen LogP contribution in [0.25, 0.3) is 0 Å². The van der Waals surface area contributed by atoms with Gasteiger partial charge in [-0.1, -0.05) is 17.7 Å². The van der Waals surface area contributed by atoms with Gasteiger partial charge in [0.1, 0.15) is 0 Å². The van der Waals surface area contributed by atoms with Crippen LogP contribution in [0, 0.1) is 13.8 Å². The van der Waals surface area contributed by atoms with Crippen molar-refractivity contribution in [1.29, 1.82) is 0 Å². The van der Waals surface area contributed by atoms with Gasteiger partial charge in [0.15, 0.2) is 11.5 Å². The normalized spacial score (nSPS) is 13.1. The maximum Gasteiger partial charge on any atom is 0.271 e. The summed E-state index contributed by atoms with van der Waals surface area (Å²) in [5.41, 5.74) is 7.13. The summed E-state index contributed by atoms with van der Waals surface area (Å²) < 4.78 is 10.5. The summed E-state index contributed by atoms with van der Waals surface area (Å²) in [4.78, 5) is 12.2. The van der Waals surface area contributed by atoms with Gasteiger partial charge in [0.2, 0.25) is 6.79 Å². The molecule has 0 atom stereocenters. The molecular weight excluding hydrogens is 292 g/mol. The average Bonchev–Trinajstić information content (AvgIpc) is 3.02. The molecule has 23 heavy (non-hydrogen) atoms. The first-order valence-corrected chi connectivity index (χ1v) is 7.36. The molecule has 0 aromatic heterocycles. The SMILES string of the molecule is C/C(=N/NC(=O)c1ccc2c(c1)OCO2)c1cc(C)ccc1C. The molecule has 0 saturated carbocycles. The van der Waals surface area contributed by atoms with Crippen molar-refractivity contribution in [3.63, 3.8) is 0 Å². The zero-order valence-corrected chi connectivity index (χ0v) is 13.3. The summed E-state index contributed by atoms with van der Waals surface area (Å²) in [5, 5.41) is 4.21. The number of amides is 1. The second-order valence-electron chi connectivity index (χ2n) is 5.52. The molecule has 1 amide bonds. The zero-order valence-electron chi connectivity index (χ0n) is 13.3. The van der Waals surface area contributed by atoms with Gasteiger partial charge in [0.05, 0.1) is 5.71 Å². The number of nitrogens with one attached hydrogen (secondary N) is 1. The maximum absolute atomic E-state index is 12.2. The van der Waals surface area contributed by atoms with E-state index in [0.29, 0.717) is 17.1 Å². The van der Waals surface area contributed by atoms with Gasteiger partial charge in [-0.05, 0) is 50.6 Å². The van der Waals surface area contributed by atoms with E-state index < -0.39 is 0 Å². The van der Waals surface area contributed by atoms with Crippen LogP contribution in [0.1, 0.15) is 34.0 Å². The van der Waals surface area contributed by atoms with Crippen molar-refractivity contribution in [2.75, 3.05) is 6.79 Å². The quantitative estimate of drug-likeness (QED) is 0.699. The summed E-state index contributed by atoms with van der Waals surface area (Å²) >= 11 is 0. The van der Waals surface area contributed by atoms with Crippen LogP contribution in [0.3, 0.4) is 0 Å².